The van der Waals surface area contributed by atoms with Crippen LogP contribution in [0.15, 0.2) is 60.9 Å². The minimum absolute atomic E-state index is 0.0139. The molecule has 1 aliphatic heterocycles. The van der Waals surface area contributed by atoms with E-state index in [9.17, 15) is 4.79 Å². The Morgan fingerprint density at radius 2 is 1.94 bits per heavy atom. The second-order valence-corrected chi connectivity index (χ2v) is 8.58. The van der Waals surface area contributed by atoms with Gasteiger partial charge in [0, 0.05) is 55.7 Å². The number of benzene rings is 2. The average Bonchev–Trinajstić information content (AvgIpc) is 3.24. The van der Waals surface area contributed by atoms with E-state index in [-0.39, 0.29) is 5.91 Å². The lowest BCUT2D eigenvalue weighted by Gasteiger charge is -2.30. The molecule has 1 amide bonds. The van der Waals surface area contributed by atoms with Gasteiger partial charge in [0.25, 0.3) is 5.91 Å². The highest BCUT2D eigenvalue weighted by molar-refractivity contribution is 6.30. The fraction of sp³-hybridized carbons (Fsp3) is 0.360. The number of hydrogen-bond acceptors (Lipinski definition) is 4. The number of carbonyl (C=O) groups excluding carboxylic acids is 1. The van der Waals surface area contributed by atoms with Crippen LogP contribution < -0.4 is 0 Å². The van der Waals surface area contributed by atoms with Gasteiger partial charge in [0.2, 0.25) is 0 Å². The molecule has 0 radical (unpaired) electrons. The molecule has 0 N–H and O–H groups in total. The van der Waals surface area contributed by atoms with Crippen molar-refractivity contribution >= 4 is 17.5 Å². The van der Waals surface area contributed by atoms with Crippen LogP contribution in [0.2, 0.25) is 5.02 Å². The zero-order valence-corrected chi connectivity index (χ0v) is 19.2. The van der Waals surface area contributed by atoms with E-state index in [0.717, 1.165) is 45.2 Å². The lowest BCUT2D eigenvalue weighted by molar-refractivity contribution is 0.0318. The SMILES string of the molecule is Cc1cccc(Cn2ccnc2CN(CCN2CCOCC2)C(=O)c2ccc(Cl)cc2)c1. The minimum Gasteiger partial charge on any atom is -0.379 e. The van der Waals surface area contributed by atoms with Gasteiger partial charge >= 0.3 is 0 Å². The number of ether oxygens (including phenoxy) is 1. The third-order valence-corrected chi connectivity index (χ3v) is 5.99. The minimum atomic E-state index is -0.0139. The van der Waals surface area contributed by atoms with Crippen molar-refractivity contribution in [2.24, 2.45) is 0 Å². The highest BCUT2D eigenvalue weighted by Gasteiger charge is 2.20. The summed E-state index contributed by atoms with van der Waals surface area (Å²) < 4.78 is 7.57. The van der Waals surface area contributed by atoms with E-state index < -0.39 is 0 Å². The maximum Gasteiger partial charge on any atom is 0.254 e. The molecule has 0 aliphatic carbocycles. The number of nitrogens with zero attached hydrogens (tertiary/aromatic N) is 4. The zero-order chi connectivity index (χ0) is 22.3. The second-order valence-electron chi connectivity index (χ2n) is 8.15. The zero-order valence-electron chi connectivity index (χ0n) is 18.4. The molecule has 0 unspecified atom stereocenters. The van der Waals surface area contributed by atoms with Gasteiger partial charge < -0.3 is 14.2 Å². The number of rotatable bonds is 8. The normalized spacial score (nSPS) is 14.4. The summed E-state index contributed by atoms with van der Waals surface area (Å²) in [6.07, 6.45) is 3.78. The first-order valence-corrected chi connectivity index (χ1v) is 11.4. The van der Waals surface area contributed by atoms with E-state index in [4.69, 9.17) is 16.3 Å². The van der Waals surface area contributed by atoms with Gasteiger partial charge in [-0.2, -0.15) is 0 Å². The van der Waals surface area contributed by atoms with Gasteiger partial charge in [0.15, 0.2) is 0 Å². The topological polar surface area (TPSA) is 50.6 Å². The Bertz CT molecular complexity index is 1030. The second kappa shape index (κ2) is 10.8. The molecule has 1 fully saturated rings. The van der Waals surface area contributed by atoms with Crippen molar-refractivity contribution in [3.63, 3.8) is 0 Å². The summed E-state index contributed by atoms with van der Waals surface area (Å²) in [6.45, 7) is 7.97. The summed E-state index contributed by atoms with van der Waals surface area (Å²) in [5.41, 5.74) is 3.08. The number of aromatic nitrogens is 2. The van der Waals surface area contributed by atoms with Gasteiger partial charge in [-0.05, 0) is 36.8 Å². The Hall–Kier alpha value is -2.67. The van der Waals surface area contributed by atoms with Crippen molar-refractivity contribution in [2.45, 2.75) is 20.0 Å². The fourth-order valence-corrected chi connectivity index (χ4v) is 4.05. The van der Waals surface area contributed by atoms with Crippen molar-refractivity contribution in [3.05, 3.63) is 88.5 Å². The fourth-order valence-electron chi connectivity index (χ4n) is 3.93. The molecule has 2 heterocycles. The Labute approximate surface area is 194 Å². The van der Waals surface area contributed by atoms with Gasteiger partial charge in [0.05, 0.1) is 19.8 Å². The van der Waals surface area contributed by atoms with E-state index in [0.29, 0.717) is 23.7 Å². The molecule has 3 aromatic rings. The lowest BCUT2D eigenvalue weighted by atomic mass is 10.1. The smallest absolute Gasteiger partial charge is 0.254 e. The number of morpholine rings is 1. The van der Waals surface area contributed by atoms with E-state index in [1.165, 1.54) is 11.1 Å². The Kier molecular flexibility index (Phi) is 7.58. The molecule has 32 heavy (non-hydrogen) atoms. The van der Waals surface area contributed by atoms with E-state index in [1.807, 2.05) is 11.1 Å². The Morgan fingerprint density at radius 1 is 1.16 bits per heavy atom. The maximum atomic E-state index is 13.4. The molecular formula is C25H29ClN4O2. The van der Waals surface area contributed by atoms with Gasteiger partial charge in [0.1, 0.15) is 5.82 Å². The molecule has 7 heteroatoms. The number of amides is 1. The highest BCUT2D eigenvalue weighted by atomic mass is 35.5. The molecular weight excluding hydrogens is 424 g/mol. The van der Waals surface area contributed by atoms with Crippen molar-refractivity contribution in [1.82, 2.24) is 19.4 Å². The van der Waals surface area contributed by atoms with Crippen LogP contribution in [0.1, 0.15) is 27.3 Å². The van der Waals surface area contributed by atoms with Crippen LogP contribution in [0.5, 0.6) is 0 Å². The van der Waals surface area contributed by atoms with Crippen molar-refractivity contribution in [2.75, 3.05) is 39.4 Å². The standard InChI is InChI=1S/C25H29ClN4O2/c1-20-3-2-4-21(17-20)18-29-10-9-27-24(29)19-30(12-11-28-13-15-32-16-14-28)25(31)22-5-7-23(26)8-6-22/h2-10,17H,11-16,18-19H2,1H3. The van der Waals surface area contributed by atoms with Crippen molar-refractivity contribution < 1.29 is 9.53 Å². The molecule has 6 nitrogen and oxygen atoms in total. The number of hydrogen-bond donors (Lipinski definition) is 0. The van der Waals surface area contributed by atoms with E-state index in [1.54, 1.807) is 30.5 Å². The predicted molar refractivity (Wildman–Crippen MR) is 126 cm³/mol. The van der Waals surface area contributed by atoms with Crippen LogP contribution in [0.25, 0.3) is 0 Å². The molecule has 2 aromatic carbocycles. The highest BCUT2D eigenvalue weighted by Crippen LogP contribution is 2.15. The van der Waals surface area contributed by atoms with Crippen LogP contribution in [-0.4, -0.2) is 64.7 Å². The first-order valence-electron chi connectivity index (χ1n) is 11.0. The molecule has 4 rings (SSSR count). The van der Waals surface area contributed by atoms with Crippen molar-refractivity contribution in [3.8, 4) is 0 Å². The lowest BCUT2D eigenvalue weighted by Crippen LogP contribution is -2.43. The Morgan fingerprint density at radius 3 is 2.69 bits per heavy atom. The average molecular weight is 453 g/mol. The number of aryl methyl sites for hydroxylation is 1. The van der Waals surface area contributed by atoms with Gasteiger partial charge in [-0.3, -0.25) is 9.69 Å². The molecule has 0 saturated carbocycles. The number of halogens is 1. The van der Waals surface area contributed by atoms with Crippen LogP contribution in [0.3, 0.4) is 0 Å². The number of carbonyl (C=O) groups is 1. The summed E-state index contributed by atoms with van der Waals surface area (Å²) in [7, 11) is 0. The van der Waals surface area contributed by atoms with Gasteiger partial charge in [-0.1, -0.05) is 41.4 Å². The third kappa shape index (κ3) is 5.97. The molecule has 0 bridgehead atoms. The van der Waals surface area contributed by atoms with Crippen LogP contribution in [0, 0.1) is 6.92 Å². The summed E-state index contributed by atoms with van der Waals surface area (Å²) in [5, 5.41) is 0.620. The molecule has 1 aromatic heterocycles. The molecule has 168 valence electrons. The first-order chi connectivity index (χ1) is 15.6. The van der Waals surface area contributed by atoms with Crippen LogP contribution in [-0.2, 0) is 17.8 Å². The van der Waals surface area contributed by atoms with Crippen LogP contribution >= 0.6 is 11.6 Å². The summed E-state index contributed by atoms with van der Waals surface area (Å²) in [4.78, 5) is 22.2. The molecule has 0 spiro atoms. The van der Waals surface area contributed by atoms with Gasteiger partial charge in [-0.15, -0.1) is 0 Å². The van der Waals surface area contributed by atoms with Crippen LogP contribution in [0.4, 0.5) is 0 Å². The molecule has 1 saturated heterocycles. The van der Waals surface area contributed by atoms with Gasteiger partial charge in [-0.25, -0.2) is 4.98 Å². The van der Waals surface area contributed by atoms with E-state index in [2.05, 4.69) is 45.6 Å². The summed E-state index contributed by atoms with van der Waals surface area (Å²) >= 11 is 6.03. The van der Waals surface area contributed by atoms with E-state index >= 15 is 0 Å². The maximum absolute atomic E-state index is 13.4. The molecule has 1 aliphatic rings. The predicted octanol–water partition coefficient (Wildman–Crippen LogP) is 3.87. The quantitative estimate of drug-likeness (QED) is 0.520. The summed E-state index contributed by atoms with van der Waals surface area (Å²) in [6, 6.07) is 15.5. The molecule has 0 atom stereocenters. The monoisotopic (exact) mass is 452 g/mol. The Balaban J connectivity index is 1.51. The summed E-state index contributed by atoms with van der Waals surface area (Å²) in [5.74, 6) is 0.857. The van der Waals surface area contributed by atoms with Crippen molar-refractivity contribution in [1.29, 1.82) is 0 Å². The number of imidazole rings is 1. The third-order valence-electron chi connectivity index (χ3n) is 5.74. The first kappa shape index (κ1) is 22.5. The largest absolute Gasteiger partial charge is 0.379 e.